The fourth-order valence-electron chi connectivity index (χ4n) is 3.07. The van der Waals surface area contributed by atoms with E-state index in [2.05, 4.69) is 34.7 Å². The zero-order valence-electron chi connectivity index (χ0n) is 15.6. The monoisotopic (exact) mass is 350 g/mol. The van der Waals surface area contributed by atoms with Crippen LogP contribution >= 0.6 is 0 Å². The molecule has 1 aliphatic rings. The number of nitrogens with zero attached hydrogens (tertiary/aromatic N) is 4. The van der Waals surface area contributed by atoms with Crippen LogP contribution in [0.4, 0.5) is 0 Å². The molecule has 0 unspecified atom stereocenters. The van der Waals surface area contributed by atoms with Crippen LogP contribution in [-0.4, -0.2) is 21.4 Å². The van der Waals surface area contributed by atoms with Crippen LogP contribution in [0.25, 0.3) is 11.6 Å². The molecule has 0 atom stereocenters. The van der Waals surface area contributed by atoms with Gasteiger partial charge in [0.2, 0.25) is 0 Å². The van der Waals surface area contributed by atoms with E-state index < -0.39 is 0 Å². The van der Waals surface area contributed by atoms with Crippen LogP contribution in [-0.2, 0) is 13.0 Å². The number of benzene rings is 1. The van der Waals surface area contributed by atoms with E-state index >= 15 is 0 Å². The first kappa shape index (κ1) is 18.2. The number of allylic oxidation sites excluding steroid dienone is 1. The number of rotatable bonds is 6. The van der Waals surface area contributed by atoms with E-state index in [4.69, 9.17) is 4.74 Å². The zero-order chi connectivity index (χ0) is 18.4. The Kier molecular flexibility index (Phi) is 6.06. The Morgan fingerprint density at radius 2 is 2.04 bits per heavy atom. The van der Waals surface area contributed by atoms with Crippen LogP contribution in [0.1, 0.15) is 56.7 Å². The normalized spacial score (nSPS) is 14.6. The number of aryl methyl sites for hydroxylation is 1. The van der Waals surface area contributed by atoms with Gasteiger partial charge >= 0.3 is 0 Å². The summed E-state index contributed by atoms with van der Waals surface area (Å²) in [6, 6.07) is 10.1. The van der Waals surface area contributed by atoms with Gasteiger partial charge in [0.25, 0.3) is 0 Å². The summed E-state index contributed by atoms with van der Waals surface area (Å²) in [5, 5.41) is 18.2. The summed E-state index contributed by atoms with van der Waals surface area (Å²) in [5.74, 6) is 3.17. The fraction of sp³-hybridized carbons (Fsp3) is 0.476. The second-order valence-corrected chi connectivity index (χ2v) is 7.17. The molecule has 1 aliphatic heterocycles. The van der Waals surface area contributed by atoms with E-state index in [1.807, 2.05) is 30.3 Å². The third-order valence-electron chi connectivity index (χ3n) is 4.63. The summed E-state index contributed by atoms with van der Waals surface area (Å²) >= 11 is 0. The Morgan fingerprint density at radius 1 is 1.23 bits per heavy atom. The summed E-state index contributed by atoms with van der Waals surface area (Å²) in [6.45, 7) is 5.99. The fourth-order valence-corrected chi connectivity index (χ4v) is 3.07. The number of fused-ring (bicyclic) bond motifs is 1. The highest BCUT2D eigenvalue weighted by molar-refractivity contribution is 5.87. The van der Waals surface area contributed by atoms with Crippen molar-refractivity contribution in [3.8, 4) is 11.8 Å². The van der Waals surface area contributed by atoms with Gasteiger partial charge in [-0.25, -0.2) is 0 Å². The van der Waals surface area contributed by atoms with E-state index in [-0.39, 0.29) is 0 Å². The highest BCUT2D eigenvalue weighted by Crippen LogP contribution is 2.22. The van der Waals surface area contributed by atoms with Crippen LogP contribution in [0.15, 0.2) is 24.3 Å². The average Bonchev–Trinajstić information content (AvgIpc) is 2.88. The predicted molar refractivity (Wildman–Crippen MR) is 102 cm³/mol. The minimum absolute atomic E-state index is 0.555. The Hall–Kier alpha value is -2.61. The molecule has 0 aliphatic carbocycles. The molecule has 5 nitrogen and oxygen atoms in total. The largest absolute Gasteiger partial charge is 0.494 e. The van der Waals surface area contributed by atoms with Crippen molar-refractivity contribution in [3.05, 3.63) is 41.5 Å². The molecule has 2 heterocycles. The van der Waals surface area contributed by atoms with Crippen LogP contribution in [0.2, 0.25) is 0 Å². The molecule has 0 bridgehead atoms. The van der Waals surface area contributed by atoms with Gasteiger partial charge in [0.05, 0.1) is 12.2 Å². The zero-order valence-corrected chi connectivity index (χ0v) is 15.6. The molecule has 5 heteroatoms. The maximum Gasteiger partial charge on any atom is 0.174 e. The second-order valence-electron chi connectivity index (χ2n) is 7.17. The third-order valence-corrected chi connectivity index (χ3v) is 4.63. The molecule has 0 amide bonds. The lowest BCUT2D eigenvalue weighted by molar-refractivity contribution is 0.289. The summed E-state index contributed by atoms with van der Waals surface area (Å²) in [7, 11) is 0. The highest BCUT2D eigenvalue weighted by Gasteiger charge is 2.17. The van der Waals surface area contributed by atoms with Crippen LogP contribution in [0.5, 0.6) is 5.75 Å². The van der Waals surface area contributed by atoms with E-state index in [9.17, 15) is 5.26 Å². The van der Waals surface area contributed by atoms with Crippen molar-refractivity contribution < 1.29 is 4.74 Å². The first-order chi connectivity index (χ1) is 12.7. The van der Waals surface area contributed by atoms with Crippen molar-refractivity contribution in [2.75, 3.05) is 6.61 Å². The molecular formula is C21H26N4O. The summed E-state index contributed by atoms with van der Waals surface area (Å²) in [5.41, 5.74) is 1.52. The van der Waals surface area contributed by atoms with Gasteiger partial charge in [-0.05, 0) is 49.0 Å². The molecule has 1 aromatic carbocycles. The number of hydrogen-bond donors (Lipinski definition) is 0. The van der Waals surface area contributed by atoms with Gasteiger partial charge in [-0.1, -0.05) is 32.4 Å². The number of hydrogen-bond acceptors (Lipinski definition) is 4. The lowest BCUT2D eigenvalue weighted by Gasteiger charge is -2.08. The molecule has 1 aromatic heterocycles. The molecule has 0 N–H and O–H groups in total. The topological polar surface area (TPSA) is 63.7 Å². The molecule has 2 aromatic rings. The maximum absolute atomic E-state index is 9.63. The maximum atomic E-state index is 9.63. The minimum atomic E-state index is 0.555. The lowest BCUT2D eigenvalue weighted by Crippen LogP contribution is -2.05. The molecule has 0 radical (unpaired) electrons. The Balaban J connectivity index is 1.75. The SMILES string of the molecule is CC(C)CCOc1ccc(C=C(C#N)c2nnc3n2CCCCC3)cc1. The number of aromatic nitrogens is 3. The molecule has 0 saturated carbocycles. The molecule has 26 heavy (non-hydrogen) atoms. The summed E-state index contributed by atoms with van der Waals surface area (Å²) in [4.78, 5) is 0. The van der Waals surface area contributed by atoms with Gasteiger partial charge in [-0.15, -0.1) is 10.2 Å². The molecule has 0 saturated heterocycles. The van der Waals surface area contributed by atoms with Crippen LogP contribution < -0.4 is 4.74 Å². The molecule has 0 spiro atoms. The van der Waals surface area contributed by atoms with Crippen molar-refractivity contribution >= 4 is 11.6 Å². The molecule has 3 rings (SSSR count). The smallest absolute Gasteiger partial charge is 0.174 e. The van der Waals surface area contributed by atoms with Gasteiger partial charge in [-0.3, -0.25) is 0 Å². The summed E-state index contributed by atoms with van der Waals surface area (Å²) in [6.07, 6.45) is 7.31. The second kappa shape index (κ2) is 8.66. The first-order valence-electron chi connectivity index (χ1n) is 9.44. The number of nitriles is 1. The van der Waals surface area contributed by atoms with Crippen molar-refractivity contribution in [3.63, 3.8) is 0 Å². The van der Waals surface area contributed by atoms with Crippen LogP contribution in [0.3, 0.4) is 0 Å². The van der Waals surface area contributed by atoms with E-state index in [1.165, 1.54) is 6.42 Å². The Bertz CT molecular complexity index is 796. The van der Waals surface area contributed by atoms with Gasteiger partial charge in [0.1, 0.15) is 17.6 Å². The Labute approximate surface area is 155 Å². The van der Waals surface area contributed by atoms with E-state index in [0.717, 1.165) is 56.0 Å². The minimum Gasteiger partial charge on any atom is -0.494 e. The quantitative estimate of drug-likeness (QED) is 0.720. The lowest BCUT2D eigenvalue weighted by atomic mass is 10.1. The van der Waals surface area contributed by atoms with Gasteiger partial charge < -0.3 is 9.30 Å². The van der Waals surface area contributed by atoms with Crippen molar-refractivity contribution in [2.45, 2.75) is 52.5 Å². The van der Waals surface area contributed by atoms with Gasteiger partial charge in [0, 0.05) is 13.0 Å². The third kappa shape index (κ3) is 4.51. The van der Waals surface area contributed by atoms with Crippen molar-refractivity contribution in [1.82, 2.24) is 14.8 Å². The molecule has 0 fully saturated rings. The summed E-state index contributed by atoms with van der Waals surface area (Å²) < 4.78 is 7.85. The van der Waals surface area contributed by atoms with Crippen molar-refractivity contribution in [1.29, 1.82) is 5.26 Å². The molecular weight excluding hydrogens is 324 g/mol. The van der Waals surface area contributed by atoms with E-state index in [1.54, 1.807) is 0 Å². The average molecular weight is 350 g/mol. The first-order valence-corrected chi connectivity index (χ1v) is 9.44. The van der Waals surface area contributed by atoms with Gasteiger partial charge in [0.15, 0.2) is 5.82 Å². The molecule has 136 valence electrons. The Morgan fingerprint density at radius 3 is 2.77 bits per heavy atom. The van der Waals surface area contributed by atoms with Crippen molar-refractivity contribution in [2.24, 2.45) is 5.92 Å². The predicted octanol–water partition coefficient (Wildman–Crippen LogP) is 4.49. The van der Waals surface area contributed by atoms with E-state index in [0.29, 0.717) is 17.3 Å². The standard InChI is InChI=1S/C21H26N4O/c1-16(2)11-13-26-19-9-7-17(8-10-19)14-18(15-22)21-24-23-20-6-4-3-5-12-25(20)21/h7-10,14,16H,3-6,11-13H2,1-2H3. The van der Waals surface area contributed by atoms with Crippen LogP contribution in [0, 0.1) is 17.2 Å². The van der Waals surface area contributed by atoms with Gasteiger partial charge in [-0.2, -0.15) is 5.26 Å². The highest BCUT2D eigenvalue weighted by atomic mass is 16.5. The number of ether oxygens (including phenoxy) is 1.